The van der Waals surface area contributed by atoms with Gasteiger partial charge in [-0.2, -0.15) is 0 Å². The topological polar surface area (TPSA) is 56.7 Å². The van der Waals surface area contributed by atoms with Gasteiger partial charge in [0.25, 0.3) is 0 Å². The molecule has 2 heterocycles. The lowest BCUT2D eigenvalue weighted by molar-refractivity contribution is 0.490. The maximum Gasteiger partial charge on any atom is 0.183 e. The zero-order chi connectivity index (χ0) is 15.0. The Morgan fingerprint density at radius 1 is 1.10 bits per heavy atom. The molecule has 3 aromatic rings. The molecule has 21 heavy (non-hydrogen) atoms. The van der Waals surface area contributed by atoms with E-state index in [0.717, 1.165) is 6.07 Å². The van der Waals surface area contributed by atoms with Gasteiger partial charge in [0.05, 0.1) is 23.9 Å². The third-order valence-corrected chi connectivity index (χ3v) is 2.95. The third-order valence-electron chi connectivity index (χ3n) is 2.95. The van der Waals surface area contributed by atoms with Crippen molar-refractivity contribution in [1.29, 1.82) is 0 Å². The average Bonchev–Trinajstić information content (AvgIpc) is 2.92. The second-order valence-electron chi connectivity index (χ2n) is 4.34. The van der Waals surface area contributed by atoms with E-state index in [2.05, 4.69) is 9.97 Å². The highest BCUT2D eigenvalue weighted by atomic mass is 19.2. The number of pyridine rings is 1. The highest BCUT2D eigenvalue weighted by Gasteiger charge is 2.16. The van der Waals surface area contributed by atoms with Gasteiger partial charge in [0.15, 0.2) is 11.6 Å². The van der Waals surface area contributed by atoms with E-state index in [0.29, 0.717) is 17.3 Å². The monoisotopic (exact) mass is 290 g/mol. The van der Waals surface area contributed by atoms with Gasteiger partial charge in [-0.25, -0.2) is 23.1 Å². The summed E-state index contributed by atoms with van der Waals surface area (Å²) in [4.78, 5) is 7.75. The van der Waals surface area contributed by atoms with Crippen molar-refractivity contribution < 1.29 is 13.2 Å². The summed E-state index contributed by atoms with van der Waals surface area (Å²) >= 11 is 0. The summed E-state index contributed by atoms with van der Waals surface area (Å²) in [5.74, 6) is -3.03. The van der Waals surface area contributed by atoms with Crippen molar-refractivity contribution in [1.82, 2.24) is 14.5 Å². The number of benzene rings is 1. The summed E-state index contributed by atoms with van der Waals surface area (Å²) in [6.45, 7) is 0. The minimum absolute atomic E-state index is 0.268. The molecule has 0 saturated carbocycles. The summed E-state index contributed by atoms with van der Waals surface area (Å²) < 4.78 is 41.8. The van der Waals surface area contributed by atoms with E-state index in [4.69, 9.17) is 5.73 Å². The van der Waals surface area contributed by atoms with Gasteiger partial charge < -0.3 is 5.73 Å². The lowest BCUT2D eigenvalue weighted by Gasteiger charge is -2.10. The van der Waals surface area contributed by atoms with Crippen molar-refractivity contribution in [3.05, 3.63) is 60.4 Å². The highest BCUT2D eigenvalue weighted by Crippen LogP contribution is 2.26. The summed E-state index contributed by atoms with van der Waals surface area (Å²) in [5.41, 5.74) is 6.37. The second kappa shape index (κ2) is 4.93. The van der Waals surface area contributed by atoms with Gasteiger partial charge in [-0.15, -0.1) is 0 Å². The van der Waals surface area contributed by atoms with E-state index in [1.54, 1.807) is 12.1 Å². The maximum absolute atomic E-state index is 13.9. The molecule has 0 fully saturated rings. The van der Waals surface area contributed by atoms with Crippen LogP contribution in [0.4, 0.5) is 19.0 Å². The number of aromatic nitrogens is 3. The second-order valence-corrected chi connectivity index (χ2v) is 4.34. The zero-order valence-corrected chi connectivity index (χ0v) is 10.6. The molecule has 0 aliphatic heterocycles. The van der Waals surface area contributed by atoms with Crippen LogP contribution < -0.4 is 5.73 Å². The molecule has 7 heteroatoms. The molecular formula is C14H9F3N4. The number of imidazole rings is 1. The largest absolute Gasteiger partial charge is 0.384 e. The number of anilines is 1. The molecular weight excluding hydrogens is 281 g/mol. The molecule has 106 valence electrons. The molecule has 1 aromatic carbocycles. The van der Waals surface area contributed by atoms with Crippen LogP contribution in [-0.4, -0.2) is 14.5 Å². The fourth-order valence-electron chi connectivity index (χ4n) is 2.03. The Morgan fingerprint density at radius 2 is 1.90 bits per heavy atom. The zero-order valence-electron chi connectivity index (χ0n) is 10.6. The molecule has 0 bridgehead atoms. The van der Waals surface area contributed by atoms with Crippen molar-refractivity contribution >= 4 is 5.82 Å². The normalized spacial score (nSPS) is 10.8. The van der Waals surface area contributed by atoms with Crippen LogP contribution in [0.1, 0.15) is 0 Å². The van der Waals surface area contributed by atoms with E-state index in [-0.39, 0.29) is 11.5 Å². The Kier molecular flexibility index (Phi) is 3.09. The van der Waals surface area contributed by atoms with Gasteiger partial charge in [0, 0.05) is 23.9 Å². The first-order valence-corrected chi connectivity index (χ1v) is 5.95. The van der Waals surface area contributed by atoms with Crippen LogP contribution in [0.15, 0.2) is 43.0 Å². The number of rotatable bonds is 2. The lowest BCUT2D eigenvalue weighted by Crippen LogP contribution is -2.02. The van der Waals surface area contributed by atoms with Crippen LogP contribution in [0.3, 0.4) is 0 Å². The first kappa shape index (κ1) is 13.2. The van der Waals surface area contributed by atoms with Crippen molar-refractivity contribution in [3.8, 4) is 16.9 Å². The standard InChI is InChI=1S/C14H9F3N4/c15-9-4-10(16)14(17)11(5-9)21-7-19-6-12(21)8-1-2-20-13(18)3-8/h1-7H,(H2,18,20). The molecule has 0 spiro atoms. The molecule has 0 aliphatic carbocycles. The summed E-state index contributed by atoms with van der Waals surface area (Å²) in [6, 6.07) is 4.58. The van der Waals surface area contributed by atoms with Gasteiger partial charge in [0.1, 0.15) is 11.6 Å². The highest BCUT2D eigenvalue weighted by molar-refractivity contribution is 5.64. The summed E-state index contributed by atoms with van der Waals surface area (Å²) in [7, 11) is 0. The molecule has 0 aliphatic rings. The molecule has 0 unspecified atom stereocenters. The number of hydrogen-bond acceptors (Lipinski definition) is 3. The molecule has 2 aromatic heterocycles. The fourth-order valence-corrected chi connectivity index (χ4v) is 2.03. The minimum atomic E-state index is -1.26. The van der Waals surface area contributed by atoms with Crippen LogP contribution in [0.2, 0.25) is 0 Å². The van der Waals surface area contributed by atoms with Gasteiger partial charge in [-0.1, -0.05) is 0 Å². The Hall–Kier alpha value is -2.83. The molecule has 0 atom stereocenters. The van der Waals surface area contributed by atoms with E-state index >= 15 is 0 Å². The Bertz CT molecular complexity index is 814. The van der Waals surface area contributed by atoms with Crippen LogP contribution in [0, 0.1) is 17.5 Å². The van der Waals surface area contributed by atoms with E-state index < -0.39 is 17.5 Å². The molecule has 4 nitrogen and oxygen atoms in total. The number of halogens is 3. The molecule has 0 saturated heterocycles. The van der Waals surface area contributed by atoms with E-state index in [1.807, 2.05) is 0 Å². The Balaban J connectivity index is 2.20. The van der Waals surface area contributed by atoms with Gasteiger partial charge in [-0.05, 0) is 12.1 Å². The summed E-state index contributed by atoms with van der Waals surface area (Å²) in [6.07, 6.45) is 4.19. The smallest absolute Gasteiger partial charge is 0.183 e. The van der Waals surface area contributed by atoms with Gasteiger partial charge in [-0.3, -0.25) is 4.57 Å². The Morgan fingerprint density at radius 3 is 2.67 bits per heavy atom. The quantitative estimate of drug-likeness (QED) is 0.738. The van der Waals surface area contributed by atoms with Crippen molar-refractivity contribution in [2.24, 2.45) is 0 Å². The van der Waals surface area contributed by atoms with Crippen molar-refractivity contribution in [2.45, 2.75) is 0 Å². The first-order chi connectivity index (χ1) is 10.1. The molecule has 0 amide bonds. The van der Waals surface area contributed by atoms with Crippen LogP contribution in [0.5, 0.6) is 0 Å². The summed E-state index contributed by atoms with van der Waals surface area (Å²) in [5, 5.41) is 0. The van der Waals surface area contributed by atoms with Crippen LogP contribution in [-0.2, 0) is 0 Å². The number of nitrogens with zero attached hydrogens (tertiary/aromatic N) is 3. The van der Waals surface area contributed by atoms with E-state index in [1.165, 1.54) is 23.3 Å². The predicted octanol–water partition coefficient (Wildman–Crippen LogP) is 2.93. The number of nitrogens with two attached hydrogens (primary N) is 1. The lowest BCUT2D eigenvalue weighted by atomic mass is 10.2. The van der Waals surface area contributed by atoms with Gasteiger partial charge >= 0.3 is 0 Å². The number of nitrogen functional groups attached to an aromatic ring is 1. The first-order valence-electron chi connectivity index (χ1n) is 5.95. The molecule has 2 N–H and O–H groups in total. The van der Waals surface area contributed by atoms with Crippen molar-refractivity contribution in [3.63, 3.8) is 0 Å². The Labute approximate surface area is 117 Å². The molecule has 3 rings (SSSR count). The molecule has 0 radical (unpaired) electrons. The van der Waals surface area contributed by atoms with Crippen LogP contribution in [0.25, 0.3) is 16.9 Å². The average molecular weight is 290 g/mol. The SMILES string of the molecule is Nc1cc(-c2cncn2-c2cc(F)cc(F)c2F)ccn1. The maximum atomic E-state index is 13.9. The van der Waals surface area contributed by atoms with E-state index in [9.17, 15) is 13.2 Å². The fraction of sp³-hybridized carbons (Fsp3) is 0. The minimum Gasteiger partial charge on any atom is -0.384 e. The predicted molar refractivity (Wildman–Crippen MR) is 71.1 cm³/mol. The third kappa shape index (κ3) is 2.33. The van der Waals surface area contributed by atoms with Crippen molar-refractivity contribution in [2.75, 3.05) is 5.73 Å². The van der Waals surface area contributed by atoms with Gasteiger partial charge in [0.2, 0.25) is 0 Å². The van der Waals surface area contributed by atoms with Crippen LogP contribution >= 0.6 is 0 Å². The number of hydrogen-bond donors (Lipinski definition) is 1.